The van der Waals surface area contributed by atoms with Gasteiger partial charge < -0.3 is 9.80 Å². The molecule has 1 saturated heterocycles. The smallest absolute Gasteiger partial charge is 0.228 e. The lowest BCUT2D eigenvalue weighted by molar-refractivity contribution is -0.132. The first-order valence-electron chi connectivity index (χ1n) is 10.8. The molecule has 2 aliphatic rings. The molecule has 0 atom stereocenters. The highest BCUT2D eigenvalue weighted by atomic mass is 35.5. The minimum atomic E-state index is 0.157. The molecule has 1 aliphatic carbocycles. The Morgan fingerprint density at radius 2 is 1.87 bits per heavy atom. The van der Waals surface area contributed by atoms with Gasteiger partial charge in [-0.05, 0) is 43.7 Å². The molecule has 7 nitrogen and oxygen atoms in total. The first-order valence-corrected chi connectivity index (χ1v) is 11.5. The first-order chi connectivity index (χ1) is 15.1. The van der Waals surface area contributed by atoms with Crippen LogP contribution in [0, 0.1) is 5.92 Å². The zero-order chi connectivity index (χ0) is 21.8. The summed E-state index contributed by atoms with van der Waals surface area (Å²) in [5, 5.41) is 2.82. The second kappa shape index (κ2) is 9.92. The topological polar surface area (TPSA) is 61.7 Å². The number of hydrogen-bond donors (Lipinski definition) is 0. The molecular weight excluding hydrogens is 437 g/mol. The van der Waals surface area contributed by atoms with Gasteiger partial charge in [-0.1, -0.05) is 29.3 Å². The van der Waals surface area contributed by atoms with Crippen LogP contribution >= 0.6 is 23.2 Å². The van der Waals surface area contributed by atoms with Gasteiger partial charge in [0.05, 0.1) is 21.8 Å². The van der Waals surface area contributed by atoms with E-state index in [1.54, 1.807) is 34.5 Å². The Bertz CT molecular complexity index is 891. The maximum absolute atomic E-state index is 12.9. The number of amides is 2. The summed E-state index contributed by atoms with van der Waals surface area (Å²) in [7, 11) is 0. The Hall–Kier alpha value is -2.25. The number of rotatable bonds is 6. The highest BCUT2D eigenvalue weighted by Crippen LogP contribution is 2.33. The van der Waals surface area contributed by atoms with Crippen molar-refractivity contribution in [1.82, 2.24) is 14.6 Å². The van der Waals surface area contributed by atoms with Gasteiger partial charge in [0.25, 0.3) is 0 Å². The maximum atomic E-state index is 12.9. The van der Waals surface area contributed by atoms with Gasteiger partial charge >= 0.3 is 0 Å². The van der Waals surface area contributed by atoms with Crippen molar-refractivity contribution in [3.63, 3.8) is 0 Å². The molecule has 1 saturated carbocycles. The van der Waals surface area contributed by atoms with Gasteiger partial charge in [0.1, 0.15) is 6.33 Å². The number of aromatic nitrogens is 2. The van der Waals surface area contributed by atoms with Crippen LogP contribution in [0.5, 0.6) is 0 Å². The fraction of sp³-hybridized carbons (Fsp3) is 0.500. The summed E-state index contributed by atoms with van der Waals surface area (Å²) in [5.41, 5.74) is 0.928. The Labute approximate surface area is 192 Å². The third kappa shape index (κ3) is 4.99. The summed E-state index contributed by atoms with van der Waals surface area (Å²) in [4.78, 5) is 32.6. The van der Waals surface area contributed by atoms with E-state index in [4.69, 9.17) is 23.2 Å². The second-order valence-electron chi connectivity index (χ2n) is 8.25. The molecule has 0 bridgehead atoms. The Balaban J connectivity index is 1.25. The molecule has 0 N–H and O–H groups in total. The van der Waals surface area contributed by atoms with Gasteiger partial charge in [0.2, 0.25) is 12.3 Å². The number of benzene rings is 1. The van der Waals surface area contributed by atoms with E-state index >= 15 is 0 Å². The third-order valence-electron chi connectivity index (χ3n) is 6.42. The van der Waals surface area contributed by atoms with E-state index in [1.807, 2.05) is 17.0 Å². The number of piperazine rings is 1. The fourth-order valence-corrected chi connectivity index (χ4v) is 5.06. The van der Waals surface area contributed by atoms with Gasteiger partial charge in [0, 0.05) is 45.0 Å². The van der Waals surface area contributed by atoms with Crippen molar-refractivity contribution in [2.24, 2.45) is 5.92 Å². The van der Waals surface area contributed by atoms with Crippen LogP contribution in [-0.2, 0) is 9.59 Å². The summed E-state index contributed by atoms with van der Waals surface area (Å²) < 4.78 is 1.73. The lowest BCUT2D eigenvalue weighted by Crippen LogP contribution is -2.49. The van der Waals surface area contributed by atoms with Gasteiger partial charge in [0.15, 0.2) is 0 Å². The van der Waals surface area contributed by atoms with Crippen LogP contribution in [0.3, 0.4) is 0 Å². The average molecular weight is 464 g/mol. The van der Waals surface area contributed by atoms with Crippen molar-refractivity contribution in [1.29, 1.82) is 0 Å². The van der Waals surface area contributed by atoms with Crippen LogP contribution in [0.15, 0.2) is 36.9 Å². The monoisotopic (exact) mass is 463 g/mol. The lowest BCUT2D eigenvalue weighted by Gasteiger charge is -2.38. The Morgan fingerprint density at radius 3 is 2.52 bits per heavy atom. The molecule has 31 heavy (non-hydrogen) atoms. The molecule has 2 heterocycles. The molecule has 1 aliphatic heterocycles. The van der Waals surface area contributed by atoms with Gasteiger partial charge in [-0.15, -0.1) is 0 Å². The van der Waals surface area contributed by atoms with Crippen molar-refractivity contribution in [3.8, 4) is 0 Å². The standard InChI is InChI=1S/C22H27Cl2N5O2/c23-19-2-1-3-20(22(19)24)26-10-12-27(13-11-26)21(31)14-17-4-6-18(7-5-17)29(16-30)28-9-8-25-15-28/h1-3,8-9,15-18H,4-7,10-14H2. The third-order valence-corrected chi connectivity index (χ3v) is 7.23. The maximum Gasteiger partial charge on any atom is 0.228 e. The van der Waals surface area contributed by atoms with Gasteiger partial charge in [-0.25, -0.2) is 14.7 Å². The first kappa shape index (κ1) is 22.0. The molecule has 1 aromatic carbocycles. The van der Waals surface area contributed by atoms with Crippen LogP contribution in [0.4, 0.5) is 5.69 Å². The highest BCUT2D eigenvalue weighted by molar-refractivity contribution is 6.43. The molecule has 9 heteroatoms. The highest BCUT2D eigenvalue weighted by Gasteiger charge is 2.30. The van der Waals surface area contributed by atoms with E-state index in [-0.39, 0.29) is 11.9 Å². The molecule has 4 rings (SSSR count). The van der Waals surface area contributed by atoms with Crippen LogP contribution in [-0.4, -0.2) is 59.1 Å². The molecule has 2 fully saturated rings. The summed E-state index contributed by atoms with van der Waals surface area (Å²) in [6.45, 7) is 2.88. The normalized spacial score (nSPS) is 21.7. The van der Waals surface area contributed by atoms with Crippen molar-refractivity contribution < 1.29 is 9.59 Å². The van der Waals surface area contributed by atoms with E-state index in [0.29, 0.717) is 35.5 Å². The molecule has 2 aromatic rings. The van der Waals surface area contributed by atoms with Crippen LogP contribution in [0.1, 0.15) is 32.1 Å². The largest absolute Gasteiger partial charge is 0.367 e. The van der Waals surface area contributed by atoms with E-state index < -0.39 is 0 Å². The number of hydrogen-bond acceptors (Lipinski definition) is 4. The van der Waals surface area contributed by atoms with Crippen LogP contribution < -0.4 is 9.91 Å². The predicted molar refractivity (Wildman–Crippen MR) is 122 cm³/mol. The molecule has 0 radical (unpaired) electrons. The fourth-order valence-electron chi connectivity index (χ4n) is 4.64. The van der Waals surface area contributed by atoms with Crippen LogP contribution in [0.25, 0.3) is 0 Å². The minimum Gasteiger partial charge on any atom is -0.367 e. The van der Waals surface area contributed by atoms with Crippen molar-refractivity contribution in [3.05, 3.63) is 47.0 Å². The lowest BCUT2D eigenvalue weighted by atomic mass is 9.83. The molecule has 0 unspecified atom stereocenters. The zero-order valence-corrected chi connectivity index (χ0v) is 18.9. The van der Waals surface area contributed by atoms with E-state index in [9.17, 15) is 9.59 Å². The predicted octanol–water partition coefficient (Wildman–Crippen LogP) is 3.58. The number of anilines is 1. The van der Waals surface area contributed by atoms with Gasteiger partial charge in [-0.3, -0.25) is 9.59 Å². The number of nitrogens with zero attached hydrogens (tertiary/aromatic N) is 5. The van der Waals surface area contributed by atoms with E-state index in [0.717, 1.165) is 50.9 Å². The number of halogens is 2. The summed E-state index contributed by atoms with van der Waals surface area (Å²) in [6.07, 6.45) is 10.2. The summed E-state index contributed by atoms with van der Waals surface area (Å²) >= 11 is 12.5. The van der Waals surface area contributed by atoms with Gasteiger partial charge in [-0.2, -0.15) is 0 Å². The van der Waals surface area contributed by atoms with Crippen LogP contribution in [0.2, 0.25) is 10.0 Å². The number of carbonyl (C=O) groups is 2. The minimum absolute atomic E-state index is 0.157. The van der Waals surface area contributed by atoms with Crippen molar-refractivity contribution >= 4 is 41.2 Å². The molecule has 166 valence electrons. The SMILES string of the molecule is O=CN(C1CCC(CC(=O)N2CCN(c3cccc(Cl)c3Cl)CC2)CC1)n1ccnc1. The van der Waals surface area contributed by atoms with E-state index in [1.165, 1.54) is 0 Å². The molecule has 1 aromatic heterocycles. The average Bonchev–Trinajstić information content (AvgIpc) is 3.32. The number of imidazole rings is 1. The molecule has 2 amide bonds. The second-order valence-corrected chi connectivity index (χ2v) is 9.03. The van der Waals surface area contributed by atoms with Crippen molar-refractivity contribution in [2.45, 2.75) is 38.1 Å². The zero-order valence-electron chi connectivity index (χ0n) is 17.4. The summed E-state index contributed by atoms with van der Waals surface area (Å²) in [6, 6.07) is 5.81. The quantitative estimate of drug-likeness (QED) is 0.614. The number of carbonyl (C=O) groups excluding carboxylic acids is 2. The Morgan fingerprint density at radius 1 is 1.13 bits per heavy atom. The van der Waals surface area contributed by atoms with E-state index in [2.05, 4.69) is 9.88 Å². The van der Waals surface area contributed by atoms with Crippen molar-refractivity contribution in [2.75, 3.05) is 36.1 Å². The molecule has 0 spiro atoms. The Kier molecular flexibility index (Phi) is 7.02. The molecular formula is C22H27Cl2N5O2. The summed E-state index contributed by atoms with van der Waals surface area (Å²) in [5.74, 6) is 0.600.